The van der Waals surface area contributed by atoms with Crippen molar-refractivity contribution >= 4 is 53.6 Å². The van der Waals surface area contributed by atoms with E-state index in [4.69, 9.17) is 4.98 Å². The van der Waals surface area contributed by atoms with E-state index >= 15 is 0 Å². The van der Waals surface area contributed by atoms with Gasteiger partial charge in [0.05, 0.1) is 10.4 Å². The Morgan fingerprint density at radius 3 is 2.56 bits per heavy atom. The third kappa shape index (κ3) is 3.14. The van der Waals surface area contributed by atoms with Crippen molar-refractivity contribution in [3.8, 4) is 21.7 Å². The fourth-order valence-corrected chi connectivity index (χ4v) is 6.34. The number of hydrogen-bond acceptors (Lipinski definition) is 4. The first-order chi connectivity index (χ1) is 15.5. The maximum absolute atomic E-state index is 4.86. The van der Waals surface area contributed by atoms with Crippen molar-refractivity contribution in [2.45, 2.75) is 26.2 Å². The summed E-state index contributed by atoms with van der Waals surface area (Å²) in [6, 6.07) is 19.9. The number of rotatable bonds is 2. The molecular formula is C28H22N2S2. The van der Waals surface area contributed by atoms with Crippen molar-refractivity contribution in [2.24, 2.45) is 0 Å². The molecule has 4 heteroatoms. The van der Waals surface area contributed by atoms with Gasteiger partial charge in [0, 0.05) is 50.1 Å². The van der Waals surface area contributed by atoms with Crippen LogP contribution in [0.1, 0.15) is 26.3 Å². The number of aromatic nitrogens is 2. The van der Waals surface area contributed by atoms with E-state index in [-0.39, 0.29) is 5.41 Å². The summed E-state index contributed by atoms with van der Waals surface area (Å²) >= 11 is 3.55. The Kier molecular flexibility index (Phi) is 4.42. The molecule has 0 aliphatic rings. The average molecular weight is 451 g/mol. The molecule has 0 spiro atoms. The summed E-state index contributed by atoms with van der Waals surface area (Å²) in [5.41, 5.74) is 4.82. The molecule has 0 bridgehead atoms. The van der Waals surface area contributed by atoms with Crippen LogP contribution in [-0.4, -0.2) is 9.97 Å². The van der Waals surface area contributed by atoms with Crippen molar-refractivity contribution < 1.29 is 0 Å². The molecule has 6 aromatic rings. The lowest BCUT2D eigenvalue weighted by molar-refractivity contribution is 0.596. The largest absolute Gasteiger partial charge is 0.263 e. The summed E-state index contributed by atoms with van der Waals surface area (Å²) in [6.45, 7) is 6.84. The van der Waals surface area contributed by atoms with E-state index in [0.717, 1.165) is 5.69 Å². The van der Waals surface area contributed by atoms with E-state index in [9.17, 15) is 0 Å². The third-order valence-electron chi connectivity index (χ3n) is 6.03. The van der Waals surface area contributed by atoms with E-state index in [1.807, 2.05) is 29.9 Å². The van der Waals surface area contributed by atoms with Crippen molar-refractivity contribution in [1.82, 2.24) is 9.97 Å². The van der Waals surface area contributed by atoms with Crippen LogP contribution in [0.3, 0.4) is 0 Å². The molecule has 0 N–H and O–H groups in total. The Bertz CT molecular complexity index is 1620. The monoisotopic (exact) mass is 450 g/mol. The molecule has 6 rings (SSSR count). The summed E-state index contributed by atoms with van der Waals surface area (Å²) in [6.07, 6.45) is 5.88. The summed E-state index contributed by atoms with van der Waals surface area (Å²) in [5.74, 6) is 0. The lowest BCUT2D eigenvalue weighted by Crippen LogP contribution is -2.12. The standard InChI is InChI=1S/C28H22N2S2/c1-28(2,3)23-13-18(12-17-6-4-5-7-19(17)23)27-21-14-25(32-24(21)8-10-30-27)22-15-29-16-26-20(22)9-11-31-26/h4-16H,1-3H3. The van der Waals surface area contributed by atoms with Gasteiger partial charge in [-0.3, -0.25) is 9.97 Å². The van der Waals surface area contributed by atoms with Gasteiger partial charge in [0.1, 0.15) is 0 Å². The molecule has 32 heavy (non-hydrogen) atoms. The smallest absolute Gasteiger partial charge is 0.0789 e. The van der Waals surface area contributed by atoms with E-state index in [1.54, 1.807) is 11.3 Å². The molecule has 0 saturated carbocycles. The number of pyridine rings is 2. The second-order valence-electron chi connectivity index (χ2n) is 9.20. The molecule has 0 atom stereocenters. The fraction of sp³-hybridized carbons (Fsp3) is 0.143. The topological polar surface area (TPSA) is 25.8 Å². The molecule has 0 saturated heterocycles. The highest BCUT2D eigenvalue weighted by molar-refractivity contribution is 7.22. The number of thiophene rings is 2. The predicted octanol–water partition coefficient (Wildman–Crippen LogP) is 8.69. The highest BCUT2D eigenvalue weighted by Crippen LogP contribution is 2.42. The predicted molar refractivity (Wildman–Crippen MR) is 140 cm³/mol. The van der Waals surface area contributed by atoms with Crippen molar-refractivity contribution in [2.75, 3.05) is 0 Å². The van der Waals surface area contributed by atoms with Gasteiger partial charge in [-0.2, -0.15) is 0 Å². The van der Waals surface area contributed by atoms with Crippen molar-refractivity contribution in [1.29, 1.82) is 0 Å². The SMILES string of the molecule is CC(C)(C)c1cc(-c2nccc3sc(-c4cncc5sccc45)cc23)cc2ccccc12. The molecule has 2 nitrogen and oxygen atoms in total. The summed E-state index contributed by atoms with van der Waals surface area (Å²) < 4.78 is 2.48. The van der Waals surface area contributed by atoms with Gasteiger partial charge in [-0.15, -0.1) is 22.7 Å². The summed E-state index contributed by atoms with van der Waals surface area (Å²) in [7, 11) is 0. The van der Waals surface area contributed by atoms with Gasteiger partial charge in [-0.05, 0) is 57.5 Å². The number of nitrogens with zero attached hydrogens (tertiary/aromatic N) is 2. The molecule has 4 heterocycles. The second-order valence-corrected chi connectivity index (χ2v) is 11.2. The fourth-order valence-electron chi connectivity index (χ4n) is 4.48. The van der Waals surface area contributed by atoms with Crippen molar-refractivity contribution in [3.05, 3.63) is 84.1 Å². The molecule has 0 aliphatic carbocycles. The minimum Gasteiger partial charge on any atom is -0.263 e. The van der Waals surface area contributed by atoms with Gasteiger partial charge in [0.25, 0.3) is 0 Å². The summed E-state index contributed by atoms with van der Waals surface area (Å²) in [5, 5.41) is 7.19. The first-order valence-corrected chi connectivity index (χ1v) is 12.4. The molecule has 0 amide bonds. The zero-order chi connectivity index (χ0) is 21.9. The Labute approximate surface area is 195 Å². The number of fused-ring (bicyclic) bond motifs is 3. The maximum atomic E-state index is 4.86. The first-order valence-electron chi connectivity index (χ1n) is 10.7. The highest BCUT2D eigenvalue weighted by atomic mass is 32.1. The Morgan fingerprint density at radius 1 is 0.812 bits per heavy atom. The molecule has 0 fully saturated rings. The lowest BCUT2D eigenvalue weighted by atomic mass is 9.82. The lowest BCUT2D eigenvalue weighted by Gasteiger charge is -2.22. The minimum atomic E-state index is 0.0452. The van der Waals surface area contributed by atoms with Crippen LogP contribution in [0.15, 0.2) is 78.6 Å². The van der Waals surface area contributed by atoms with Gasteiger partial charge in [0.15, 0.2) is 0 Å². The molecule has 0 radical (unpaired) electrons. The normalized spacial score (nSPS) is 12.2. The van der Waals surface area contributed by atoms with Crippen LogP contribution in [-0.2, 0) is 5.41 Å². The van der Waals surface area contributed by atoms with E-state index < -0.39 is 0 Å². The number of hydrogen-bond donors (Lipinski definition) is 0. The Hall–Kier alpha value is -3.08. The maximum Gasteiger partial charge on any atom is 0.0789 e. The molecule has 0 unspecified atom stereocenters. The zero-order valence-electron chi connectivity index (χ0n) is 18.2. The zero-order valence-corrected chi connectivity index (χ0v) is 19.8. The second kappa shape index (κ2) is 7.22. The molecular weight excluding hydrogens is 428 g/mol. The van der Waals surface area contributed by atoms with Crippen LogP contribution in [0.2, 0.25) is 0 Å². The van der Waals surface area contributed by atoms with Gasteiger partial charge in [-0.25, -0.2) is 0 Å². The first kappa shape index (κ1) is 19.6. The van der Waals surface area contributed by atoms with Crippen molar-refractivity contribution in [3.63, 3.8) is 0 Å². The van der Waals surface area contributed by atoms with E-state index in [0.29, 0.717) is 0 Å². The molecule has 2 aromatic carbocycles. The van der Waals surface area contributed by atoms with Gasteiger partial charge in [0.2, 0.25) is 0 Å². The van der Waals surface area contributed by atoms with Gasteiger partial charge < -0.3 is 0 Å². The van der Waals surface area contributed by atoms with E-state index in [2.05, 4.69) is 85.7 Å². The van der Waals surface area contributed by atoms with E-state index in [1.165, 1.54) is 52.5 Å². The molecule has 4 aromatic heterocycles. The van der Waals surface area contributed by atoms with Crippen LogP contribution >= 0.6 is 22.7 Å². The van der Waals surface area contributed by atoms with Crippen LogP contribution in [0.25, 0.3) is 52.6 Å². The quantitative estimate of drug-likeness (QED) is 0.264. The average Bonchev–Trinajstić information content (AvgIpc) is 3.44. The van der Waals surface area contributed by atoms with Crippen LogP contribution < -0.4 is 0 Å². The molecule has 156 valence electrons. The van der Waals surface area contributed by atoms with Gasteiger partial charge >= 0.3 is 0 Å². The number of benzene rings is 2. The highest BCUT2D eigenvalue weighted by Gasteiger charge is 2.20. The minimum absolute atomic E-state index is 0.0452. The van der Waals surface area contributed by atoms with Crippen LogP contribution in [0, 0.1) is 0 Å². The summed E-state index contributed by atoms with van der Waals surface area (Å²) in [4.78, 5) is 10.6. The third-order valence-corrected chi connectivity index (χ3v) is 8.02. The Balaban J connectivity index is 1.60. The molecule has 0 aliphatic heterocycles. The van der Waals surface area contributed by atoms with Crippen LogP contribution in [0.4, 0.5) is 0 Å². The Morgan fingerprint density at radius 2 is 1.69 bits per heavy atom. The van der Waals surface area contributed by atoms with Gasteiger partial charge in [-0.1, -0.05) is 45.0 Å². The van der Waals surface area contributed by atoms with Crippen LogP contribution in [0.5, 0.6) is 0 Å².